The second kappa shape index (κ2) is 10.1. The van der Waals surface area contributed by atoms with Crippen molar-refractivity contribution in [3.63, 3.8) is 0 Å². The monoisotopic (exact) mass is 355 g/mol. The molecule has 2 atom stereocenters. The van der Waals surface area contributed by atoms with E-state index in [2.05, 4.69) is 10.2 Å². The van der Waals surface area contributed by atoms with E-state index in [1.807, 2.05) is 6.92 Å². The molecule has 1 saturated carbocycles. The van der Waals surface area contributed by atoms with Gasteiger partial charge in [0.15, 0.2) is 0 Å². The highest BCUT2D eigenvalue weighted by Crippen LogP contribution is 2.22. The van der Waals surface area contributed by atoms with E-state index in [-0.39, 0.29) is 24.6 Å². The quantitative estimate of drug-likeness (QED) is 0.670. The van der Waals surface area contributed by atoms with Crippen LogP contribution < -0.4 is 5.32 Å². The predicted molar refractivity (Wildman–Crippen MR) is 95.5 cm³/mol. The molecule has 2 N–H and O–H groups in total. The fourth-order valence-corrected chi connectivity index (χ4v) is 3.80. The number of carboxylic acid groups (broad SMARTS) is 1. The lowest BCUT2D eigenvalue weighted by atomic mass is 9.89. The SMILES string of the molecule is CC(C(=O)NCC1CCCCC1)N1CCOC(CN(C)CC(=O)O)C1. The van der Waals surface area contributed by atoms with Crippen LogP contribution in [0.5, 0.6) is 0 Å². The summed E-state index contributed by atoms with van der Waals surface area (Å²) in [7, 11) is 1.77. The van der Waals surface area contributed by atoms with Crippen LogP contribution in [0, 0.1) is 5.92 Å². The van der Waals surface area contributed by atoms with Crippen LogP contribution in [0.3, 0.4) is 0 Å². The molecule has 2 rings (SSSR count). The molecule has 2 unspecified atom stereocenters. The summed E-state index contributed by atoms with van der Waals surface area (Å²) in [6, 6.07) is -0.181. The smallest absolute Gasteiger partial charge is 0.317 e. The van der Waals surface area contributed by atoms with Gasteiger partial charge >= 0.3 is 5.97 Å². The lowest BCUT2D eigenvalue weighted by Crippen LogP contribution is -2.54. The maximum absolute atomic E-state index is 12.5. The molecule has 0 aromatic carbocycles. The lowest BCUT2D eigenvalue weighted by Gasteiger charge is -2.37. The van der Waals surface area contributed by atoms with Crippen LogP contribution >= 0.6 is 0 Å². The summed E-state index contributed by atoms with van der Waals surface area (Å²) in [4.78, 5) is 27.1. The number of carbonyl (C=O) groups excluding carboxylic acids is 1. The Kier molecular flexibility index (Phi) is 8.12. The Bertz CT molecular complexity index is 440. The number of likely N-dealkylation sites (N-methyl/N-ethyl adjacent to an activating group) is 1. The van der Waals surface area contributed by atoms with Crippen LogP contribution in [0.4, 0.5) is 0 Å². The fourth-order valence-electron chi connectivity index (χ4n) is 3.80. The van der Waals surface area contributed by atoms with E-state index in [1.54, 1.807) is 11.9 Å². The van der Waals surface area contributed by atoms with Crippen LogP contribution in [0.25, 0.3) is 0 Å². The van der Waals surface area contributed by atoms with Crippen molar-refractivity contribution in [2.45, 2.75) is 51.2 Å². The van der Waals surface area contributed by atoms with Gasteiger partial charge in [-0.05, 0) is 32.7 Å². The van der Waals surface area contributed by atoms with Crippen molar-refractivity contribution in [2.24, 2.45) is 5.92 Å². The molecule has 7 heteroatoms. The first-order chi connectivity index (χ1) is 12.0. The van der Waals surface area contributed by atoms with Gasteiger partial charge in [-0.1, -0.05) is 19.3 Å². The van der Waals surface area contributed by atoms with Gasteiger partial charge in [0.05, 0.1) is 25.3 Å². The fraction of sp³-hybridized carbons (Fsp3) is 0.889. The zero-order valence-electron chi connectivity index (χ0n) is 15.6. The van der Waals surface area contributed by atoms with Gasteiger partial charge in [0, 0.05) is 26.2 Å². The molecule has 2 fully saturated rings. The van der Waals surface area contributed by atoms with Crippen LogP contribution in [-0.4, -0.2) is 85.3 Å². The third-order valence-electron chi connectivity index (χ3n) is 5.31. The van der Waals surface area contributed by atoms with E-state index in [0.717, 1.165) is 13.1 Å². The summed E-state index contributed by atoms with van der Waals surface area (Å²) in [6.45, 7) is 5.25. The van der Waals surface area contributed by atoms with Crippen LogP contribution in [0.1, 0.15) is 39.0 Å². The molecule has 1 aliphatic heterocycles. The summed E-state index contributed by atoms with van der Waals surface area (Å²) >= 11 is 0. The van der Waals surface area contributed by atoms with E-state index in [0.29, 0.717) is 25.6 Å². The Hall–Kier alpha value is -1.18. The molecule has 7 nitrogen and oxygen atoms in total. The highest BCUT2D eigenvalue weighted by Gasteiger charge is 2.29. The summed E-state index contributed by atoms with van der Waals surface area (Å²) in [5.41, 5.74) is 0. The van der Waals surface area contributed by atoms with Crippen molar-refractivity contribution >= 4 is 11.9 Å². The zero-order chi connectivity index (χ0) is 18.2. The molecule has 1 aliphatic carbocycles. The topological polar surface area (TPSA) is 82.1 Å². The summed E-state index contributed by atoms with van der Waals surface area (Å²) < 4.78 is 5.74. The molecule has 25 heavy (non-hydrogen) atoms. The first-order valence-electron chi connectivity index (χ1n) is 9.49. The van der Waals surface area contributed by atoms with Gasteiger partial charge in [-0.25, -0.2) is 0 Å². The predicted octanol–water partition coefficient (Wildman–Crippen LogP) is 0.789. The van der Waals surface area contributed by atoms with Crippen molar-refractivity contribution in [1.82, 2.24) is 15.1 Å². The van der Waals surface area contributed by atoms with Gasteiger partial charge in [0.1, 0.15) is 0 Å². The van der Waals surface area contributed by atoms with Crippen molar-refractivity contribution < 1.29 is 19.4 Å². The van der Waals surface area contributed by atoms with Crippen LogP contribution in [-0.2, 0) is 14.3 Å². The number of rotatable bonds is 8. The maximum Gasteiger partial charge on any atom is 0.317 e. The number of carbonyl (C=O) groups is 2. The van der Waals surface area contributed by atoms with Gasteiger partial charge in [0.25, 0.3) is 0 Å². The van der Waals surface area contributed by atoms with Gasteiger partial charge in [-0.2, -0.15) is 0 Å². The first-order valence-corrected chi connectivity index (χ1v) is 9.49. The number of hydrogen-bond donors (Lipinski definition) is 2. The molecule has 144 valence electrons. The Morgan fingerprint density at radius 1 is 1.32 bits per heavy atom. The second-order valence-corrected chi connectivity index (χ2v) is 7.50. The number of nitrogens with zero attached hydrogens (tertiary/aromatic N) is 2. The molecule has 0 spiro atoms. The standard InChI is InChI=1S/C18H33N3O4/c1-14(18(24)19-10-15-6-4-3-5-7-15)21-8-9-25-16(12-21)11-20(2)13-17(22)23/h14-16H,3-13H2,1-2H3,(H,19,24)(H,22,23). The molecule has 2 aliphatic rings. The number of ether oxygens (including phenoxy) is 1. The Morgan fingerprint density at radius 3 is 2.72 bits per heavy atom. The van der Waals surface area contributed by atoms with Gasteiger partial charge in [-0.3, -0.25) is 19.4 Å². The van der Waals surface area contributed by atoms with E-state index >= 15 is 0 Å². The van der Waals surface area contributed by atoms with Crippen LogP contribution in [0.2, 0.25) is 0 Å². The summed E-state index contributed by atoms with van der Waals surface area (Å²) in [5.74, 6) is -0.122. The van der Waals surface area contributed by atoms with E-state index in [4.69, 9.17) is 9.84 Å². The molecule has 0 aromatic heterocycles. The van der Waals surface area contributed by atoms with E-state index < -0.39 is 5.97 Å². The van der Waals surface area contributed by atoms with Crippen molar-refractivity contribution in [1.29, 1.82) is 0 Å². The van der Waals surface area contributed by atoms with Gasteiger partial charge in [-0.15, -0.1) is 0 Å². The summed E-state index contributed by atoms with van der Waals surface area (Å²) in [5, 5.41) is 12.0. The molecule has 1 heterocycles. The number of nitrogens with one attached hydrogen (secondary N) is 1. The number of carboxylic acids is 1. The zero-order valence-corrected chi connectivity index (χ0v) is 15.6. The van der Waals surface area contributed by atoms with E-state index in [1.165, 1.54) is 32.1 Å². The Balaban J connectivity index is 1.74. The average Bonchev–Trinajstić information content (AvgIpc) is 2.59. The molecular formula is C18H33N3O4. The largest absolute Gasteiger partial charge is 0.480 e. The maximum atomic E-state index is 12.5. The third kappa shape index (κ3) is 6.92. The lowest BCUT2D eigenvalue weighted by molar-refractivity contribution is -0.138. The minimum atomic E-state index is -0.842. The minimum Gasteiger partial charge on any atom is -0.480 e. The average molecular weight is 355 g/mol. The van der Waals surface area contributed by atoms with Gasteiger partial charge < -0.3 is 15.2 Å². The van der Waals surface area contributed by atoms with Crippen molar-refractivity contribution in [2.75, 3.05) is 46.4 Å². The number of morpholine rings is 1. The molecule has 0 bridgehead atoms. The van der Waals surface area contributed by atoms with Crippen LogP contribution in [0.15, 0.2) is 0 Å². The molecular weight excluding hydrogens is 322 g/mol. The first kappa shape index (κ1) is 20.1. The number of aliphatic carboxylic acids is 1. The number of hydrogen-bond acceptors (Lipinski definition) is 5. The van der Waals surface area contributed by atoms with Gasteiger partial charge in [0.2, 0.25) is 5.91 Å². The minimum absolute atomic E-state index is 0.00269. The van der Waals surface area contributed by atoms with Crippen molar-refractivity contribution in [3.8, 4) is 0 Å². The van der Waals surface area contributed by atoms with E-state index in [9.17, 15) is 9.59 Å². The Morgan fingerprint density at radius 2 is 2.04 bits per heavy atom. The normalized spacial score (nSPS) is 24.2. The summed E-state index contributed by atoms with van der Waals surface area (Å²) in [6.07, 6.45) is 6.28. The molecule has 1 saturated heterocycles. The molecule has 0 aromatic rings. The van der Waals surface area contributed by atoms with Crippen molar-refractivity contribution in [3.05, 3.63) is 0 Å². The Labute approximate surface area is 150 Å². The number of amides is 1. The second-order valence-electron chi connectivity index (χ2n) is 7.50. The molecule has 1 amide bonds. The molecule has 0 radical (unpaired) electrons. The third-order valence-corrected chi connectivity index (χ3v) is 5.31. The highest BCUT2D eigenvalue weighted by atomic mass is 16.5. The highest BCUT2D eigenvalue weighted by molar-refractivity contribution is 5.81.